The quantitative estimate of drug-likeness (QED) is 0.381. The van der Waals surface area contributed by atoms with Gasteiger partial charge in [-0.2, -0.15) is 11.8 Å². The summed E-state index contributed by atoms with van der Waals surface area (Å²) in [4.78, 5) is 4.52. The van der Waals surface area contributed by atoms with Crippen molar-refractivity contribution in [2.24, 2.45) is 16.3 Å². The molecule has 0 aromatic heterocycles. The highest BCUT2D eigenvalue weighted by atomic mass is 127. The van der Waals surface area contributed by atoms with Crippen molar-refractivity contribution in [3.63, 3.8) is 0 Å². The van der Waals surface area contributed by atoms with E-state index in [0.717, 1.165) is 19.1 Å². The summed E-state index contributed by atoms with van der Waals surface area (Å²) in [5.41, 5.74) is 0.394. The Kier molecular flexibility index (Phi) is 5.97. The number of thioether (sulfide) groups is 1. The summed E-state index contributed by atoms with van der Waals surface area (Å²) in [7, 11) is 1.90. The molecular weight excluding hydrogens is 433 g/mol. The second kappa shape index (κ2) is 7.51. The first-order chi connectivity index (χ1) is 11.2. The van der Waals surface area contributed by atoms with Gasteiger partial charge in [0.25, 0.3) is 0 Å². The van der Waals surface area contributed by atoms with Crippen LogP contribution in [0.1, 0.15) is 51.9 Å². The maximum atomic E-state index is 6.09. The van der Waals surface area contributed by atoms with Crippen molar-refractivity contribution in [2.45, 2.75) is 68.8 Å². The van der Waals surface area contributed by atoms with E-state index < -0.39 is 0 Å². The molecule has 138 valence electrons. The molecule has 4 atom stereocenters. The molecule has 2 N–H and O–H groups in total. The average Bonchev–Trinajstić information content (AvgIpc) is 3.27. The van der Waals surface area contributed by atoms with E-state index >= 15 is 0 Å². The third kappa shape index (κ3) is 3.20. The Bertz CT molecular complexity index is 475. The van der Waals surface area contributed by atoms with Crippen LogP contribution < -0.4 is 10.6 Å². The second-order valence-electron chi connectivity index (χ2n) is 8.13. The van der Waals surface area contributed by atoms with Crippen LogP contribution in [0.3, 0.4) is 0 Å². The van der Waals surface area contributed by atoms with Crippen molar-refractivity contribution >= 4 is 41.7 Å². The highest BCUT2D eigenvalue weighted by Gasteiger charge is 2.65. The van der Waals surface area contributed by atoms with E-state index in [0.29, 0.717) is 28.2 Å². The molecule has 1 spiro atoms. The maximum absolute atomic E-state index is 6.09. The van der Waals surface area contributed by atoms with E-state index in [-0.39, 0.29) is 24.0 Å². The first kappa shape index (κ1) is 19.1. The van der Waals surface area contributed by atoms with Crippen LogP contribution >= 0.6 is 35.7 Å². The third-order valence-electron chi connectivity index (χ3n) is 6.73. The minimum atomic E-state index is 0. The number of nitrogens with zero attached hydrogens (tertiary/aromatic N) is 1. The van der Waals surface area contributed by atoms with Gasteiger partial charge >= 0.3 is 0 Å². The van der Waals surface area contributed by atoms with E-state index in [4.69, 9.17) is 4.74 Å². The first-order valence-corrected chi connectivity index (χ1v) is 10.4. The standard InChI is InChI=1S/C18H31N3OS.HI/c1-17(7-5-11-23-17)12-20-16(19-2)21-14-13-6-10-22-15(13)18(14)8-3-4-9-18;/h13-15H,3-12H2,1-2H3,(H2,19,20,21);1H. The van der Waals surface area contributed by atoms with Gasteiger partial charge in [0.05, 0.1) is 6.10 Å². The number of hydrogen-bond acceptors (Lipinski definition) is 3. The van der Waals surface area contributed by atoms with Crippen molar-refractivity contribution in [3.05, 3.63) is 0 Å². The predicted molar refractivity (Wildman–Crippen MR) is 113 cm³/mol. The van der Waals surface area contributed by atoms with Crippen LogP contribution in [0.15, 0.2) is 4.99 Å². The number of hydrogen-bond donors (Lipinski definition) is 2. The van der Waals surface area contributed by atoms with Gasteiger partial charge in [0.15, 0.2) is 5.96 Å². The molecule has 2 heterocycles. The van der Waals surface area contributed by atoms with Gasteiger partial charge in [0.1, 0.15) is 0 Å². The van der Waals surface area contributed by atoms with Gasteiger partial charge in [0, 0.05) is 42.3 Å². The molecule has 4 fully saturated rings. The van der Waals surface area contributed by atoms with Crippen molar-refractivity contribution in [3.8, 4) is 0 Å². The van der Waals surface area contributed by atoms with E-state index in [1.54, 1.807) is 0 Å². The van der Waals surface area contributed by atoms with Gasteiger partial charge in [-0.3, -0.25) is 4.99 Å². The molecule has 24 heavy (non-hydrogen) atoms. The van der Waals surface area contributed by atoms with Crippen LogP contribution in [0, 0.1) is 11.3 Å². The normalized spacial score (nSPS) is 40.1. The van der Waals surface area contributed by atoms with Crippen molar-refractivity contribution < 1.29 is 4.74 Å². The number of aliphatic imine (C=N–C) groups is 1. The number of rotatable bonds is 3. The summed E-state index contributed by atoms with van der Waals surface area (Å²) in [5.74, 6) is 3.00. The minimum Gasteiger partial charge on any atom is -0.377 e. The molecule has 0 aromatic rings. The lowest BCUT2D eigenvalue weighted by Crippen LogP contribution is -2.69. The van der Waals surface area contributed by atoms with Crippen molar-refractivity contribution in [2.75, 3.05) is 26.0 Å². The van der Waals surface area contributed by atoms with E-state index in [1.165, 1.54) is 50.7 Å². The fraction of sp³-hybridized carbons (Fsp3) is 0.944. The lowest BCUT2D eigenvalue weighted by atomic mass is 9.54. The zero-order chi connectivity index (χ0) is 15.9. The minimum absolute atomic E-state index is 0. The molecule has 2 aliphatic heterocycles. The Morgan fingerprint density at radius 2 is 2.04 bits per heavy atom. The fourth-order valence-electron chi connectivity index (χ4n) is 5.49. The largest absolute Gasteiger partial charge is 0.377 e. The molecule has 4 unspecified atom stereocenters. The lowest BCUT2D eigenvalue weighted by molar-refractivity contribution is -0.125. The fourth-order valence-corrected chi connectivity index (χ4v) is 6.74. The summed E-state index contributed by atoms with van der Waals surface area (Å²) in [6.45, 7) is 4.35. The molecule has 0 bridgehead atoms. The van der Waals surface area contributed by atoms with Gasteiger partial charge in [-0.05, 0) is 44.8 Å². The topological polar surface area (TPSA) is 45.7 Å². The molecular formula is C18H32IN3OS. The van der Waals surface area contributed by atoms with E-state index in [1.807, 2.05) is 7.05 Å². The van der Waals surface area contributed by atoms with Gasteiger partial charge in [-0.1, -0.05) is 12.8 Å². The monoisotopic (exact) mass is 465 g/mol. The van der Waals surface area contributed by atoms with Gasteiger partial charge in [-0.15, -0.1) is 24.0 Å². The third-order valence-corrected chi connectivity index (χ3v) is 8.27. The smallest absolute Gasteiger partial charge is 0.191 e. The Labute approximate surface area is 167 Å². The number of halogens is 1. The molecule has 6 heteroatoms. The lowest BCUT2D eigenvalue weighted by Gasteiger charge is -2.57. The molecule has 2 aliphatic carbocycles. The molecule has 4 aliphatic rings. The van der Waals surface area contributed by atoms with E-state index in [9.17, 15) is 0 Å². The zero-order valence-corrected chi connectivity index (χ0v) is 18.1. The van der Waals surface area contributed by atoms with Crippen LogP contribution in [0.4, 0.5) is 0 Å². The number of fused-ring (bicyclic) bond motifs is 2. The first-order valence-electron chi connectivity index (χ1n) is 9.40. The average molecular weight is 465 g/mol. The van der Waals surface area contributed by atoms with Gasteiger partial charge < -0.3 is 15.4 Å². The highest BCUT2D eigenvalue weighted by molar-refractivity contribution is 14.0. The van der Waals surface area contributed by atoms with Crippen LogP contribution in [0.25, 0.3) is 0 Å². The molecule has 4 rings (SSSR count). The molecule has 0 radical (unpaired) electrons. The Morgan fingerprint density at radius 1 is 1.25 bits per heavy atom. The molecule has 4 nitrogen and oxygen atoms in total. The number of ether oxygens (including phenoxy) is 1. The van der Waals surface area contributed by atoms with Crippen LogP contribution in [-0.4, -0.2) is 48.8 Å². The number of guanidine groups is 1. The second-order valence-corrected chi connectivity index (χ2v) is 9.82. The molecule has 0 aromatic carbocycles. The summed E-state index contributed by atoms with van der Waals surface area (Å²) >= 11 is 2.10. The summed E-state index contributed by atoms with van der Waals surface area (Å²) in [6, 6.07) is 0.563. The summed E-state index contributed by atoms with van der Waals surface area (Å²) in [6.07, 6.45) is 9.79. The highest BCUT2D eigenvalue weighted by Crippen LogP contribution is 2.60. The Morgan fingerprint density at radius 3 is 2.71 bits per heavy atom. The van der Waals surface area contributed by atoms with Crippen LogP contribution in [-0.2, 0) is 4.74 Å². The van der Waals surface area contributed by atoms with E-state index in [2.05, 4.69) is 34.3 Å². The molecule has 2 saturated carbocycles. The molecule has 0 amide bonds. The SMILES string of the molecule is CN=C(NCC1(C)CCCS1)NC1C2CCOC2C12CCCC2.I. The van der Waals surface area contributed by atoms with Crippen LogP contribution in [0.2, 0.25) is 0 Å². The van der Waals surface area contributed by atoms with Gasteiger partial charge in [0.2, 0.25) is 0 Å². The predicted octanol–water partition coefficient (Wildman–Crippen LogP) is 3.40. The number of nitrogens with one attached hydrogen (secondary N) is 2. The van der Waals surface area contributed by atoms with Crippen LogP contribution in [0.5, 0.6) is 0 Å². The van der Waals surface area contributed by atoms with Gasteiger partial charge in [-0.25, -0.2) is 0 Å². The summed E-state index contributed by atoms with van der Waals surface area (Å²) in [5, 5.41) is 7.41. The van der Waals surface area contributed by atoms with Crippen molar-refractivity contribution in [1.82, 2.24) is 10.6 Å². The van der Waals surface area contributed by atoms with Crippen molar-refractivity contribution in [1.29, 1.82) is 0 Å². The molecule has 2 saturated heterocycles. The Hall–Kier alpha value is 0.310. The maximum Gasteiger partial charge on any atom is 0.191 e. The Balaban J connectivity index is 0.00000169. The summed E-state index contributed by atoms with van der Waals surface area (Å²) < 4.78 is 6.47. The zero-order valence-electron chi connectivity index (χ0n) is 15.0.